The van der Waals surface area contributed by atoms with Crippen molar-refractivity contribution in [3.8, 4) is 0 Å². The summed E-state index contributed by atoms with van der Waals surface area (Å²) in [5.74, 6) is -2.09. The summed E-state index contributed by atoms with van der Waals surface area (Å²) in [5, 5.41) is 0. The Morgan fingerprint density at radius 2 is 2.00 bits per heavy atom. The molecule has 0 unspecified atom stereocenters. The normalized spacial score (nSPS) is 9.67. The van der Waals surface area contributed by atoms with Gasteiger partial charge in [-0.1, -0.05) is 0 Å². The van der Waals surface area contributed by atoms with E-state index in [1.807, 2.05) is 0 Å². The van der Waals surface area contributed by atoms with E-state index in [9.17, 15) is 8.78 Å². The van der Waals surface area contributed by atoms with Crippen LogP contribution in [0.5, 0.6) is 0 Å². The van der Waals surface area contributed by atoms with Crippen LogP contribution in [-0.2, 0) is 0 Å². The maximum absolute atomic E-state index is 12.2. The highest BCUT2D eigenvalue weighted by molar-refractivity contribution is 14.1. The zero-order valence-corrected chi connectivity index (χ0v) is 6.26. The molecule has 2 nitrogen and oxygen atoms in total. The Labute approximate surface area is 63.5 Å². The number of hydrogen-bond donors (Lipinski definition) is 0. The van der Waals surface area contributed by atoms with Gasteiger partial charge in [0.25, 0.3) is 5.95 Å². The Balaban J connectivity index is 3.25. The van der Waals surface area contributed by atoms with E-state index in [1.165, 1.54) is 0 Å². The van der Waals surface area contributed by atoms with Crippen molar-refractivity contribution in [1.82, 2.24) is 9.97 Å². The van der Waals surface area contributed by atoms with Gasteiger partial charge in [-0.2, -0.15) is 8.78 Å². The summed E-state index contributed by atoms with van der Waals surface area (Å²) in [6.45, 7) is 0. The third-order valence-electron chi connectivity index (χ3n) is 0.704. The SMILES string of the molecule is Fc1ncnc(I)c1F. The second-order valence-corrected chi connectivity index (χ2v) is 2.29. The first-order chi connectivity index (χ1) is 4.22. The molecular formula is C4HF2IN2. The predicted octanol–water partition coefficient (Wildman–Crippen LogP) is 1.36. The van der Waals surface area contributed by atoms with Crippen LogP contribution in [0.3, 0.4) is 0 Å². The Morgan fingerprint density at radius 3 is 2.44 bits per heavy atom. The Morgan fingerprint density at radius 1 is 1.33 bits per heavy atom. The van der Waals surface area contributed by atoms with E-state index in [-0.39, 0.29) is 3.70 Å². The molecule has 0 aliphatic heterocycles. The van der Waals surface area contributed by atoms with Crippen molar-refractivity contribution in [1.29, 1.82) is 0 Å². The fourth-order valence-electron chi connectivity index (χ4n) is 0.329. The molecule has 0 aromatic carbocycles. The second kappa shape index (κ2) is 2.51. The highest BCUT2D eigenvalue weighted by atomic mass is 127. The van der Waals surface area contributed by atoms with Crippen LogP contribution in [-0.4, -0.2) is 9.97 Å². The molecule has 0 aliphatic carbocycles. The van der Waals surface area contributed by atoms with Crippen LogP contribution in [0.2, 0.25) is 0 Å². The van der Waals surface area contributed by atoms with Crippen molar-refractivity contribution < 1.29 is 8.78 Å². The molecule has 0 spiro atoms. The van der Waals surface area contributed by atoms with Crippen LogP contribution in [0, 0.1) is 15.5 Å². The molecule has 1 heterocycles. The topological polar surface area (TPSA) is 25.8 Å². The molecule has 0 bridgehead atoms. The molecular weight excluding hydrogens is 241 g/mol. The van der Waals surface area contributed by atoms with E-state index in [1.54, 1.807) is 22.6 Å². The molecule has 0 saturated carbocycles. The molecule has 0 radical (unpaired) electrons. The number of rotatable bonds is 0. The van der Waals surface area contributed by atoms with E-state index in [0.29, 0.717) is 0 Å². The van der Waals surface area contributed by atoms with Gasteiger partial charge in [-0.15, -0.1) is 0 Å². The molecule has 0 fully saturated rings. The van der Waals surface area contributed by atoms with Gasteiger partial charge in [-0.05, 0) is 22.6 Å². The summed E-state index contributed by atoms with van der Waals surface area (Å²) >= 11 is 1.58. The smallest absolute Gasteiger partial charge is 0.227 e. The van der Waals surface area contributed by atoms with Crippen LogP contribution in [0.25, 0.3) is 0 Å². The number of aromatic nitrogens is 2. The van der Waals surface area contributed by atoms with Crippen LogP contribution in [0.4, 0.5) is 8.78 Å². The van der Waals surface area contributed by atoms with Crippen molar-refractivity contribution in [3.63, 3.8) is 0 Å². The Kier molecular flexibility index (Phi) is 1.89. The van der Waals surface area contributed by atoms with E-state index in [0.717, 1.165) is 6.33 Å². The fourth-order valence-corrected chi connectivity index (χ4v) is 0.676. The lowest BCUT2D eigenvalue weighted by Crippen LogP contribution is -1.94. The summed E-state index contributed by atoms with van der Waals surface area (Å²) in [6.07, 6.45) is 0.972. The van der Waals surface area contributed by atoms with Crippen LogP contribution in [0.15, 0.2) is 6.33 Å². The van der Waals surface area contributed by atoms with Gasteiger partial charge in [0.1, 0.15) is 10.0 Å². The fraction of sp³-hybridized carbons (Fsp3) is 0. The third kappa shape index (κ3) is 1.32. The van der Waals surface area contributed by atoms with Gasteiger partial charge in [0, 0.05) is 0 Å². The molecule has 1 rings (SSSR count). The number of halogens is 3. The van der Waals surface area contributed by atoms with E-state index in [2.05, 4.69) is 9.97 Å². The first kappa shape index (κ1) is 6.79. The molecule has 0 amide bonds. The summed E-state index contributed by atoms with van der Waals surface area (Å²) in [7, 11) is 0. The molecule has 0 aliphatic rings. The molecule has 5 heteroatoms. The lowest BCUT2D eigenvalue weighted by atomic mass is 10.6. The summed E-state index contributed by atoms with van der Waals surface area (Å²) < 4.78 is 24.3. The van der Waals surface area contributed by atoms with Crippen molar-refractivity contribution in [2.24, 2.45) is 0 Å². The monoisotopic (exact) mass is 242 g/mol. The van der Waals surface area contributed by atoms with E-state index in [4.69, 9.17) is 0 Å². The molecule has 0 saturated heterocycles. The number of nitrogens with zero attached hydrogens (tertiary/aromatic N) is 2. The molecule has 9 heavy (non-hydrogen) atoms. The summed E-state index contributed by atoms with van der Waals surface area (Å²) in [6, 6.07) is 0. The Bertz CT molecular complexity index is 208. The molecule has 1 aromatic rings. The largest absolute Gasteiger partial charge is 0.253 e. The Hall–Kier alpha value is -0.330. The number of hydrogen-bond acceptors (Lipinski definition) is 2. The van der Waals surface area contributed by atoms with Crippen LogP contribution in [0.1, 0.15) is 0 Å². The minimum atomic E-state index is -1.10. The van der Waals surface area contributed by atoms with Crippen LogP contribution < -0.4 is 0 Å². The van der Waals surface area contributed by atoms with Gasteiger partial charge in [0.2, 0.25) is 5.82 Å². The first-order valence-corrected chi connectivity index (χ1v) is 3.11. The van der Waals surface area contributed by atoms with Crippen molar-refractivity contribution >= 4 is 22.6 Å². The molecule has 0 atom stereocenters. The van der Waals surface area contributed by atoms with Crippen LogP contribution >= 0.6 is 22.6 Å². The zero-order valence-electron chi connectivity index (χ0n) is 4.11. The summed E-state index contributed by atoms with van der Waals surface area (Å²) in [5.41, 5.74) is 0. The third-order valence-corrected chi connectivity index (χ3v) is 1.46. The van der Waals surface area contributed by atoms with Crippen molar-refractivity contribution in [2.75, 3.05) is 0 Å². The lowest BCUT2D eigenvalue weighted by Gasteiger charge is -1.89. The maximum Gasteiger partial charge on any atom is 0.253 e. The first-order valence-electron chi connectivity index (χ1n) is 2.03. The average molecular weight is 242 g/mol. The highest BCUT2D eigenvalue weighted by Gasteiger charge is 2.05. The van der Waals surface area contributed by atoms with Gasteiger partial charge in [0.15, 0.2) is 0 Å². The highest BCUT2D eigenvalue weighted by Crippen LogP contribution is 2.06. The predicted molar refractivity (Wildman–Crippen MR) is 34.7 cm³/mol. The van der Waals surface area contributed by atoms with Gasteiger partial charge in [0.05, 0.1) is 0 Å². The average Bonchev–Trinajstić information content (AvgIpc) is 1.83. The molecule has 48 valence electrons. The molecule has 0 N–H and O–H groups in total. The van der Waals surface area contributed by atoms with Crippen molar-refractivity contribution in [2.45, 2.75) is 0 Å². The summed E-state index contributed by atoms with van der Waals surface area (Å²) in [4.78, 5) is 6.38. The second-order valence-electron chi connectivity index (χ2n) is 1.27. The van der Waals surface area contributed by atoms with Gasteiger partial charge in [-0.3, -0.25) is 0 Å². The molecule has 1 aromatic heterocycles. The van der Waals surface area contributed by atoms with Crippen molar-refractivity contribution in [3.05, 3.63) is 21.8 Å². The zero-order chi connectivity index (χ0) is 6.85. The van der Waals surface area contributed by atoms with E-state index >= 15 is 0 Å². The van der Waals surface area contributed by atoms with Gasteiger partial charge >= 0.3 is 0 Å². The van der Waals surface area contributed by atoms with E-state index < -0.39 is 11.8 Å². The minimum absolute atomic E-state index is 0.0000926. The standard InChI is InChI=1S/C4HF2IN2/c5-2-3(6)8-1-9-4(2)7/h1H. The maximum atomic E-state index is 12.2. The van der Waals surface area contributed by atoms with Gasteiger partial charge in [-0.25, -0.2) is 9.97 Å². The quantitative estimate of drug-likeness (QED) is 0.507. The minimum Gasteiger partial charge on any atom is -0.227 e. The lowest BCUT2D eigenvalue weighted by molar-refractivity contribution is 0.467. The van der Waals surface area contributed by atoms with Gasteiger partial charge < -0.3 is 0 Å².